The van der Waals surface area contributed by atoms with Crippen molar-refractivity contribution in [3.63, 3.8) is 0 Å². The summed E-state index contributed by atoms with van der Waals surface area (Å²) < 4.78 is 5.41. The minimum atomic E-state index is -0.332. The zero-order valence-corrected chi connectivity index (χ0v) is 15.6. The molecule has 0 atom stereocenters. The molecule has 4 rings (SSSR count). The maximum Gasteiger partial charge on any atom is 0.257 e. The predicted molar refractivity (Wildman–Crippen MR) is 102 cm³/mol. The van der Waals surface area contributed by atoms with Gasteiger partial charge in [-0.3, -0.25) is 19.9 Å². The lowest BCUT2D eigenvalue weighted by Gasteiger charge is -2.00. The number of pyridine rings is 1. The first-order valence-electron chi connectivity index (χ1n) is 7.85. The van der Waals surface area contributed by atoms with Crippen LogP contribution in [0, 0.1) is 6.92 Å². The molecule has 27 heavy (non-hydrogen) atoms. The molecule has 134 valence electrons. The van der Waals surface area contributed by atoms with Crippen LogP contribution in [-0.2, 0) is 0 Å². The Labute approximate surface area is 161 Å². The minimum absolute atomic E-state index is 0.249. The molecule has 1 N–H and O–H groups in total. The van der Waals surface area contributed by atoms with Gasteiger partial charge in [-0.1, -0.05) is 11.3 Å². The number of amides is 1. The number of rotatable bonds is 5. The summed E-state index contributed by atoms with van der Waals surface area (Å²) in [4.78, 5) is 38.2. The fourth-order valence-corrected chi connectivity index (χ4v) is 4.05. The molecule has 0 aliphatic rings. The Balaban J connectivity index is 1.70. The smallest absolute Gasteiger partial charge is 0.257 e. The van der Waals surface area contributed by atoms with Crippen LogP contribution in [-0.4, -0.2) is 26.6 Å². The summed E-state index contributed by atoms with van der Waals surface area (Å²) in [5, 5.41) is 5.21. The van der Waals surface area contributed by atoms with Gasteiger partial charge in [0.05, 0.1) is 6.26 Å². The molecule has 0 aliphatic heterocycles. The van der Waals surface area contributed by atoms with Gasteiger partial charge in [0.25, 0.3) is 5.91 Å². The molecule has 0 aromatic carbocycles. The van der Waals surface area contributed by atoms with Crippen LogP contribution < -0.4 is 5.32 Å². The molecular formula is C18H12N4O3S2. The SMILES string of the molecule is Cc1csc(C(=O)c2sc(NC(=O)c3ccncc3)nc2-c2ccco2)n1. The molecule has 0 fully saturated rings. The highest BCUT2D eigenvalue weighted by Crippen LogP contribution is 2.34. The molecule has 1 amide bonds. The van der Waals surface area contributed by atoms with Crippen LogP contribution in [0.4, 0.5) is 5.13 Å². The summed E-state index contributed by atoms with van der Waals surface area (Å²) in [6, 6.07) is 6.63. The van der Waals surface area contributed by atoms with Crippen LogP contribution in [0.2, 0.25) is 0 Å². The first-order valence-corrected chi connectivity index (χ1v) is 9.54. The van der Waals surface area contributed by atoms with Crippen molar-refractivity contribution in [1.29, 1.82) is 0 Å². The molecule has 9 heteroatoms. The van der Waals surface area contributed by atoms with Crippen molar-refractivity contribution in [3.05, 3.63) is 69.4 Å². The number of thiazole rings is 2. The number of hydrogen-bond donors (Lipinski definition) is 1. The molecule has 0 spiro atoms. The predicted octanol–water partition coefficient (Wildman–Crippen LogP) is 4.05. The van der Waals surface area contributed by atoms with E-state index in [4.69, 9.17) is 4.42 Å². The van der Waals surface area contributed by atoms with Crippen LogP contribution in [0.3, 0.4) is 0 Å². The lowest BCUT2D eigenvalue weighted by molar-refractivity contribution is 0.102. The van der Waals surface area contributed by atoms with Crippen molar-refractivity contribution in [2.45, 2.75) is 6.92 Å². The molecule has 4 aromatic heterocycles. The number of nitrogens with zero attached hydrogens (tertiary/aromatic N) is 3. The Kier molecular flexibility index (Phi) is 4.61. The van der Waals surface area contributed by atoms with Crippen molar-refractivity contribution >= 4 is 39.5 Å². The fraction of sp³-hybridized carbons (Fsp3) is 0.0556. The van der Waals surface area contributed by atoms with E-state index >= 15 is 0 Å². The van der Waals surface area contributed by atoms with Crippen LogP contribution in [0.5, 0.6) is 0 Å². The van der Waals surface area contributed by atoms with Crippen LogP contribution in [0.25, 0.3) is 11.5 Å². The number of anilines is 1. The van der Waals surface area contributed by atoms with E-state index in [0.717, 1.165) is 17.0 Å². The average molecular weight is 396 g/mol. The van der Waals surface area contributed by atoms with Gasteiger partial charge in [-0.25, -0.2) is 9.97 Å². The van der Waals surface area contributed by atoms with Gasteiger partial charge in [-0.15, -0.1) is 11.3 Å². The third-order valence-corrected chi connectivity index (χ3v) is 5.49. The van der Waals surface area contributed by atoms with Crippen molar-refractivity contribution in [2.24, 2.45) is 0 Å². The zero-order chi connectivity index (χ0) is 18.8. The second-order valence-electron chi connectivity index (χ2n) is 5.49. The van der Waals surface area contributed by atoms with Crippen molar-refractivity contribution in [1.82, 2.24) is 15.0 Å². The normalized spacial score (nSPS) is 10.7. The van der Waals surface area contributed by atoms with E-state index in [1.165, 1.54) is 30.0 Å². The van der Waals surface area contributed by atoms with Gasteiger partial charge in [0, 0.05) is 29.0 Å². The lowest BCUT2D eigenvalue weighted by atomic mass is 10.2. The number of aromatic nitrogens is 3. The first-order chi connectivity index (χ1) is 13.1. The Morgan fingerprint density at radius 3 is 2.63 bits per heavy atom. The molecule has 4 aromatic rings. The number of ketones is 1. The average Bonchev–Trinajstić information content (AvgIpc) is 3.42. The second-order valence-corrected chi connectivity index (χ2v) is 7.34. The number of carbonyl (C=O) groups excluding carboxylic acids is 2. The van der Waals surface area contributed by atoms with Gasteiger partial charge in [-0.05, 0) is 31.2 Å². The van der Waals surface area contributed by atoms with E-state index in [2.05, 4.69) is 20.3 Å². The number of nitrogens with one attached hydrogen (secondary N) is 1. The topological polar surface area (TPSA) is 98.0 Å². The largest absolute Gasteiger partial charge is 0.463 e. The third kappa shape index (κ3) is 3.55. The van der Waals surface area contributed by atoms with Crippen LogP contribution >= 0.6 is 22.7 Å². The maximum absolute atomic E-state index is 12.9. The van der Waals surface area contributed by atoms with Crippen molar-refractivity contribution in [3.8, 4) is 11.5 Å². The summed E-state index contributed by atoms with van der Waals surface area (Å²) in [5.41, 5.74) is 1.61. The summed E-state index contributed by atoms with van der Waals surface area (Å²) in [5.74, 6) is -0.130. The van der Waals surface area contributed by atoms with E-state index in [1.807, 2.05) is 12.3 Å². The van der Waals surface area contributed by atoms with Crippen molar-refractivity contribution in [2.75, 3.05) is 5.32 Å². The zero-order valence-electron chi connectivity index (χ0n) is 14.0. The van der Waals surface area contributed by atoms with Gasteiger partial charge < -0.3 is 4.42 Å². The second kappa shape index (κ2) is 7.22. The summed E-state index contributed by atoms with van der Waals surface area (Å²) in [6.07, 6.45) is 4.57. The standard InChI is InChI=1S/C18H12N4O3S2/c1-10-9-26-17(20-10)14(23)15-13(12-3-2-8-25-12)21-18(27-15)22-16(24)11-4-6-19-7-5-11/h2-9H,1H3,(H,21,22,24). The molecule has 0 unspecified atom stereocenters. The molecule has 4 heterocycles. The Morgan fingerprint density at radius 2 is 1.96 bits per heavy atom. The highest BCUT2D eigenvalue weighted by Gasteiger charge is 2.25. The van der Waals surface area contributed by atoms with Crippen LogP contribution in [0.1, 0.15) is 30.7 Å². The summed E-state index contributed by atoms with van der Waals surface area (Å²) >= 11 is 2.36. The molecule has 0 saturated carbocycles. The Bertz CT molecular complexity index is 1100. The van der Waals surface area contributed by atoms with Gasteiger partial charge in [0.2, 0.25) is 5.78 Å². The molecule has 0 aliphatic carbocycles. The Morgan fingerprint density at radius 1 is 1.15 bits per heavy atom. The minimum Gasteiger partial charge on any atom is -0.463 e. The molecule has 7 nitrogen and oxygen atoms in total. The van der Waals surface area contributed by atoms with E-state index in [0.29, 0.717) is 32.0 Å². The third-order valence-electron chi connectivity index (χ3n) is 3.56. The first kappa shape index (κ1) is 17.3. The number of aryl methyl sites for hydroxylation is 1. The van der Waals surface area contributed by atoms with Crippen LogP contribution in [0.15, 0.2) is 52.7 Å². The molecule has 0 bridgehead atoms. The van der Waals surface area contributed by atoms with E-state index in [1.54, 1.807) is 24.3 Å². The highest BCUT2D eigenvalue weighted by atomic mass is 32.1. The number of carbonyl (C=O) groups is 2. The number of hydrogen-bond acceptors (Lipinski definition) is 8. The lowest BCUT2D eigenvalue weighted by Crippen LogP contribution is -2.11. The molecule has 0 radical (unpaired) electrons. The fourth-order valence-electron chi connectivity index (χ4n) is 2.34. The van der Waals surface area contributed by atoms with Gasteiger partial charge in [0.15, 0.2) is 15.9 Å². The molecular weight excluding hydrogens is 384 g/mol. The number of furan rings is 1. The summed E-state index contributed by atoms with van der Waals surface area (Å²) in [7, 11) is 0. The molecule has 0 saturated heterocycles. The van der Waals surface area contributed by atoms with E-state index in [9.17, 15) is 9.59 Å². The monoisotopic (exact) mass is 396 g/mol. The van der Waals surface area contributed by atoms with Crippen molar-refractivity contribution < 1.29 is 14.0 Å². The van der Waals surface area contributed by atoms with E-state index < -0.39 is 0 Å². The quantitative estimate of drug-likeness (QED) is 0.511. The van der Waals surface area contributed by atoms with Gasteiger partial charge >= 0.3 is 0 Å². The van der Waals surface area contributed by atoms with Gasteiger partial charge in [-0.2, -0.15) is 0 Å². The van der Waals surface area contributed by atoms with E-state index in [-0.39, 0.29) is 11.7 Å². The maximum atomic E-state index is 12.9. The van der Waals surface area contributed by atoms with Gasteiger partial charge in [0.1, 0.15) is 10.6 Å². The Hall–Kier alpha value is -3.17. The highest BCUT2D eigenvalue weighted by molar-refractivity contribution is 7.19. The summed E-state index contributed by atoms with van der Waals surface area (Å²) in [6.45, 7) is 1.83.